The van der Waals surface area contributed by atoms with Gasteiger partial charge in [0.2, 0.25) is 0 Å². The van der Waals surface area contributed by atoms with Crippen LogP contribution in [0.15, 0.2) is 23.1 Å². The smallest absolute Gasteiger partial charge is 0.267 e. The SMILES string of the molecule is CC(C)c1nccc(N2CCN(CCn3nc4c(cc3=O)CSCC4)CC2)n1. The zero-order chi connectivity index (χ0) is 19.5. The molecule has 8 heteroatoms. The molecule has 0 unspecified atom stereocenters. The molecule has 0 bridgehead atoms. The minimum absolute atomic E-state index is 0.0297. The van der Waals surface area contributed by atoms with Crippen LogP contribution >= 0.6 is 11.8 Å². The Morgan fingerprint density at radius 3 is 2.79 bits per heavy atom. The zero-order valence-corrected chi connectivity index (χ0v) is 17.5. The maximum Gasteiger partial charge on any atom is 0.267 e. The molecular formula is C20H28N6OS. The van der Waals surface area contributed by atoms with E-state index >= 15 is 0 Å². The maximum atomic E-state index is 12.3. The van der Waals surface area contributed by atoms with E-state index in [2.05, 4.69) is 33.7 Å². The first kappa shape index (κ1) is 19.4. The molecule has 0 saturated carbocycles. The summed E-state index contributed by atoms with van der Waals surface area (Å²) in [6.07, 6.45) is 2.83. The Morgan fingerprint density at radius 1 is 1.18 bits per heavy atom. The van der Waals surface area contributed by atoms with Crippen LogP contribution in [0.1, 0.15) is 36.8 Å². The van der Waals surface area contributed by atoms with Gasteiger partial charge in [-0.3, -0.25) is 9.69 Å². The molecule has 0 aliphatic carbocycles. The number of thioether (sulfide) groups is 1. The summed E-state index contributed by atoms with van der Waals surface area (Å²) < 4.78 is 1.65. The molecule has 0 amide bonds. The predicted octanol–water partition coefficient (Wildman–Crippen LogP) is 1.77. The van der Waals surface area contributed by atoms with Crippen molar-refractivity contribution in [1.82, 2.24) is 24.6 Å². The third kappa shape index (κ3) is 4.38. The summed E-state index contributed by atoms with van der Waals surface area (Å²) in [4.78, 5) is 26.1. The number of fused-ring (bicyclic) bond motifs is 1. The molecule has 2 aromatic rings. The van der Waals surface area contributed by atoms with Crippen molar-refractivity contribution >= 4 is 17.6 Å². The van der Waals surface area contributed by atoms with Crippen molar-refractivity contribution in [3.8, 4) is 0 Å². The van der Waals surface area contributed by atoms with Crippen molar-refractivity contribution in [3.63, 3.8) is 0 Å². The lowest BCUT2D eigenvalue weighted by Crippen LogP contribution is -2.48. The highest BCUT2D eigenvalue weighted by Crippen LogP contribution is 2.21. The first-order valence-electron chi connectivity index (χ1n) is 10.1. The van der Waals surface area contributed by atoms with E-state index in [1.807, 2.05) is 24.0 Å². The quantitative estimate of drug-likeness (QED) is 0.758. The fourth-order valence-electron chi connectivity index (χ4n) is 3.67. The number of anilines is 1. The van der Waals surface area contributed by atoms with Crippen LogP contribution in [0.5, 0.6) is 0 Å². The van der Waals surface area contributed by atoms with Crippen LogP contribution in [0.2, 0.25) is 0 Å². The molecule has 2 aromatic heterocycles. The first-order valence-corrected chi connectivity index (χ1v) is 11.2. The Bertz CT molecular complexity index is 875. The van der Waals surface area contributed by atoms with E-state index in [1.54, 1.807) is 10.7 Å². The van der Waals surface area contributed by atoms with Crippen molar-refractivity contribution in [2.45, 2.75) is 38.5 Å². The average molecular weight is 401 g/mol. The molecule has 1 fully saturated rings. The number of hydrogen-bond acceptors (Lipinski definition) is 7. The summed E-state index contributed by atoms with van der Waals surface area (Å²) in [5, 5.41) is 4.62. The fourth-order valence-corrected chi connectivity index (χ4v) is 4.62. The molecule has 7 nitrogen and oxygen atoms in total. The maximum absolute atomic E-state index is 12.3. The van der Waals surface area contributed by atoms with Crippen LogP contribution in [0.4, 0.5) is 5.82 Å². The van der Waals surface area contributed by atoms with Crippen molar-refractivity contribution in [2.24, 2.45) is 0 Å². The number of hydrogen-bond donors (Lipinski definition) is 0. The molecule has 0 N–H and O–H groups in total. The van der Waals surface area contributed by atoms with Crippen molar-refractivity contribution in [1.29, 1.82) is 0 Å². The molecule has 0 radical (unpaired) electrons. The number of nitrogens with zero attached hydrogens (tertiary/aromatic N) is 6. The summed E-state index contributed by atoms with van der Waals surface area (Å²) in [6.45, 7) is 9.57. The highest BCUT2D eigenvalue weighted by atomic mass is 32.2. The van der Waals surface area contributed by atoms with Crippen LogP contribution in [-0.4, -0.2) is 63.1 Å². The van der Waals surface area contributed by atoms with E-state index in [9.17, 15) is 4.79 Å². The highest BCUT2D eigenvalue weighted by Gasteiger charge is 2.19. The molecule has 0 spiro atoms. The zero-order valence-electron chi connectivity index (χ0n) is 16.7. The van der Waals surface area contributed by atoms with Gasteiger partial charge in [-0.25, -0.2) is 14.6 Å². The number of aromatic nitrogens is 4. The standard InChI is InChI=1S/C20H28N6OS/c1-15(2)20-21-5-3-18(22-20)25-9-6-24(7-10-25)8-11-26-19(27)13-16-14-28-12-4-17(16)23-26/h3,5,13,15H,4,6-12,14H2,1-2H3. The normalized spacial score (nSPS) is 17.8. The Hall–Kier alpha value is -1.93. The summed E-state index contributed by atoms with van der Waals surface area (Å²) in [5.41, 5.74) is 2.26. The second kappa shape index (κ2) is 8.61. The minimum atomic E-state index is 0.0297. The summed E-state index contributed by atoms with van der Waals surface area (Å²) >= 11 is 1.88. The molecule has 4 heterocycles. The molecule has 1 saturated heterocycles. The van der Waals surface area contributed by atoms with Crippen LogP contribution in [-0.2, 0) is 18.7 Å². The predicted molar refractivity (Wildman–Crippen MR) is 113 cm³/mol. The van der Waals surface area contributed by atoms with Gasteiger partial charge in [-0.05, 0) is 17.4 Å². The van der Waals surface area contributed by atoms with E-state index in [-0.39, 0.29) is 5.56 Å². The van der Waals surface area contributed by atoms with Gasteiger partial charge in [-0.2, -0.15) is 16.9 Å². The third-order valence-electron chi connectivity index (χ3n) is 5.41. The molecule has 2 aliphatic rings. The van der Waals surface area contributed by atoms with Gasteiger partial charge in [0.1, 0.15) is 11.6 Å². The van der Waals surface area contributed by atoms with Crippen molar-refractivity contribution in [3.05, 3.63) is 45.8 Å². The van der Waals surface area contributed by atoms with Crippen LogP contribution < -0.4 is 10.5 Å². The van der Waals surface area contributed by atoms with E-state index in [0.717, 1.165) is 73.5 Å². The van der Waals surface area contributed by atoms with Gasteiger partial charge in [0.05, 0.1) is 12.2 Å². The molecule has 28 heavy (non-hydrogen) atoms. The summed E-state index contributed by atoms with van der Waals surface area (Å²) in [7, 11) is 0. The number of aryl methyl sites for hydroxylation is 1. The topological polar surface area (TPSA) is 67.2 Å². The summed E-state index contributed by atoms with van der Waals surface area (Å²) in [5.74, 6) is 4.27. The van der Waals surface area contributed by atoms with Crippen LogP contribution in [0.25, 0.3) is 0 Å². The van der Waals surface area contributed by atoms with E-state index < -0.39 is 0 Å². The highest BCUT2D eigenvalue weighted by molar-refractivity contribution is 7.98. The lowest BCUT2D eigenvalue weighted by molar-refractivity contribution is 0.242. The monoisotopic (exact) mass is 400 g/mol. The Morgan fingerprint density at radius 2 is 2.00 bits per heavy atom. The van der Waals surface area contributed by atoms with Crippen molar-refractivity contribution in [2.75, 3.05) is 43.4 Å². The van der Waals surface area contributed by atoms with Gasteiger partial charge in [0.25, 0.3) is 5.56 Å². The Kier molecular flexibility index (Phi) is 5.96. The van der Waals surface area contributed by atoms with Gasteiger partial charge in [0, 0.05) is 63.1 Å². The molecule has 0 aromatic carbocycles. The van der Waals surface area contributed by atoms with Gasteiger partial charge >= 0.3 is 0 Å². The minimum Gasteiger partial charge on any atom is -0.354 e. The van der Waals surface area contributed by atoms with E-state index in [0.29, 0.717) is 12.5 Å². The average Bonchev–Trinajstić information content (AvgIpc) is 2.72. The van der Waals surface area contributed by atoms with Gasteiger partial charge in [-0.15, -0.1) is 0 Å². The summed E-state index contributed by atoms with van der Waals surface area (Å²) in [6, 6.07) is 3.78. The van der Waals surface area contributed by atoms with Crippen LogP contribution in [0, 0.1) is 0 Å². The molecule has 0 atom stereocenters. The first-order chi connectivity index (χ1) is 13.6. The Balaban J connectivity index is 1.33. The third-order valence-corrected chi connectivity index (χ3v) is 6.41. The lowest BCUT2D eigenvalue weighted by atomic mass is 10.2. The second-order valence-electron chi connectivity index (χ2n) is 7.74. The van der Waals surface area contributed by atoms with Crippen LogP contribution in [0.3, 0.4) is 0 Å². The number of rotatable bonds is 5. The van der Waals surface area contributed by atoms with E-state index in [1.165, 1.54) is 0 Å². The second-order valence-corrected chi connectivity index (χ2v) is 8.84. The molecule has 2 aliphatic heterocycles. The van der Waals surface area contributed by atoms with Gasteiger partial charge < -0.3 is 4.90 Å². The fraction of sp³-hybridized carbons (Fsp3) is 0.600. The van der Waals surface area contributed by atoms with E-state index in [4.69, 9.17) is 4.98 Å². The molecular weight excluding hydrogens is 372 g/mol. The molecule has 150 valence electrons. The van der Waals surface area contributed by atoms with Gasteiger partial charge in [0.15, 0.2) is 0 Å². The largest absolute Gasteiger partial charge is 0.354 e. The van der Waals surface area contributed by atoms with Crippen molar-refractivity contribution < 1.29 is 0 Å². The van der Waals surface area contributed by atoms with Gasteiger partial charge in [-0.1, -0.05) is 13.8 Å². The number of piperazine rings is 1. The lowest BCUT2D eigenvalue weighted by Gasteiger charge is -2.35. The Labute approximate surface area is 170 Å². The molecule has 4 rings (SSSR count).